The van der Waals surface area contributed by atoms with Crippen LogP contribution in [0.4, 0.5) is 0 Å². The van der Waals surface area contributed by atoms with Crippen molar-refractivity contribution in [3.8, 4) is 0 Å². The Balaban J connectivity index is 2.05. The van der Waals surface area contributed by atoms with E-state index in [2.05, 4.69) is 22.7 Å². The van der Waals surface area contributed by atoms with Gasteiger partial charge in [-0.1, -0.05) is 6.92 Å². The smallest absolute Gasteiger partial charge is 0.0952 e. The molecule has 0 N–H and O–H groups in total. The number of hydrogen-bond acceptors (Lipinski definition) is 2. The summed E-state index contributed by atoms with van der Waals surface area (Å²) in [5.74, 6) is 0. The first-order chi connectivity index (χ1) is 6.40. The number of rotatable bonds is 2. The second kappa shape index (κ2) is 3.92. The summed E-state index contributed by atoms with van der Waals surface area (Å²) in [4.78, 5) is 4.33. The SMILES string of the molecule is CCc1cn(C2CCOCC2)cn1. The molecule has 0 spiro atoms. The molecule has 2 rings (SSSR count). The lowest BCUT2D eigenvalue weighted by atomic mass is 10.1. The fraction of sp³-hybridized carbons (Fsp3) is 0.700. The maximum atomic E-state index is 5.32. The van der Waals surface area contributed by atoms with Crippen molar-refractivity contribution in [1.29, 1.82) is 0 Å². The molecular formula is C10H16N2O. The fourth-order valence-corrected chi connectivity index (χ4v) is 1.75. The molecule has 0 amide bonds. The van der Waals surface area contributed by atoms with E-state index in [0.717, 1.165) is 32.5 Å². The van der Waals surface area contributed by atoms with Crippen molar-refractivity contribution in [2.24, 2.45) is 0 Å². The predicted molar refractivity (Wildman–Crippen MR) is 50.7 cm³/mol. The average Bonchev–Trinajstić information content (AvgIpc) is 2.67. The highest BCUT2D eigenvalue weighted by molar-refractivity contribution is 4.97. The van der Waals surface area contributed by atoms with Gasteiger partial charge < -0.3 is 9.30 Å². The van der Waals surface area contributed by atoms with Gasteiger partial charge in [0.2, 0.25) is 0 Å². The molecule has 0 saturated carbocycles. The monoisotopic (exact) mass is 180 g/mol. The van der Waals surface area contributed by atoms with Crippen molar-refractivity contribution in [2.45, 2.75) is 32.2 Å². The molecule has 72 valence electrons. The van der Waals surface area contributed by atoms with Gasteiger partial charge in [0.05, 0.1) is 12.0 Å². The lowest BCUT2D eigenvalue weighted by molar-refractivity contribution is 0.0695. The highest BCUT2D eigenvalue weighted by atomic mass is 16.5. The molecule has 0 aliphatic carbocycles. The largest absolute Gasteiger partial charge is 0.381 e. The van der Waals surface area contributed by atoms with E-state index in [-0.39, 0.29) is 0 Å². The molecule has 1 aromatic rings. The third-order valence-corrected chi connectivity index (χ3v) is 2.63. The van der Waals surface area contributed by atoms with Gasteiger partial charge in [0, 0.05) is 25.5 Å². The van der Waals surface area contributed by atoms with E-state index in [9.17, 15) is 0 Å². The van der Waals surface area contributed by atoms with E-state index in [4.69, 9.17) is 4.74 Å². The van der Waals surface area contributed by atoms with Gasteiger partial charge in [-0.05, 0) is 19.3 Å². The third kappa shape index (κ3) is 1.91. The Bertz CT molecular complexity index is 264. The summed E-state index contributed by atoms with van der Waals surface area (Å²) < 4.78 is 7.56. The minimum atomic E-state index is 0.613. The van der Waals surface area contributed by atoms with Crippen molar-refractivity contribution in [2.75, 3.05) is 13.2 Å². The number of hydrogen-bond donors (Lipinski definition) is 0. The number of imidazole rings is 1. The van der Waals surface area contributed by atoms with Crippen LogP contribution in [0.25, 0.3) is 0 Å². The summed E-state index contributed by atoms with van der Waals surface area (Å²) >= 11 is 0. The normalized spacial score (nSPS) is 19.2. The van der Waals surface area contributed by atoms with Crippen molar-refractivity contribution in [3.05, 3.63) is 18.2 Å². The van der Waals surface area contributed by atoms with Gasteiger partial charge in [0.25, 0.3) is 0 Å². The lowest BCUT2D eigenvalue weighted by Crippen LogP contribution is -2.18. The van der Waals surface area contributed by atoms with Crippen molar-refractivity contribution >= 4 is 0 Å². The molecule has 0 atom stereocenters. The van der Waals surface area contributed by atoms with Crippen molar-refractivity contribution in [3.63, 3.8) is 0 Å². The Morgan fingerprint density at radius 2 is 2.31 bits per heavy atom. The first kappa shape index (κ1) is 8.75. The first-order valence-corrected chi connectivity index (χ1v) is 5.00. The van der Waals surface area contributed by atoms with Gasteiger partial charge in [-0.3, -0.25) is 0 Å². The Kier molecular flexibility index (Phi) is 2.64. The number of nitrogens with zero attached hydrogens (tertiary/aromatic N) is 2. The maximum Gasteiger partial charge on any atom is 0.0952 e. The van der Waals surface area contributed by atoms with Crippen molar-refractivity contribution in [1.82, 2.24) is 9.55 Å². The second-order valence-electron chi connectivity index (χ2n) is 3.51. The average molecular weight is 180 g/mol. The summed E-state index contributed by atoms with van der Waals surface area (Å²) in [6.45, 7) is 3.92. The second-order valence-corrected chi connectivity index (χ2v) is 3.51. The molecule has 3 nitrogen and oxygen atoms in total. The van der Waals surface area contributed by atoms with E-state index in [1.54, 1.807) is 0 Å². The Labute approximate surface area is 78.7 Å². The molecule has 0 bridgehead atoms. The minimum Gasteiger partial charge on any atom is -0.381 e. The number of ether oxygens (including phenoxy) is 1. The molecular weight excluding hydrogens is 164 g/mol. The standard InChI is InChI=1S/C10H16N2O/c1-2-9-7-12(8-11-9)10-3-5-13-6-4-10/h7-8,10H,2-6H2,1H3. The Hall–Kier alpha value is -0.830. The lowest BCUT2D eigenvalue weighted by Gasteiger charge is -2.22. The zero-order valence-corrected chi connectivity index (χ0v) is 8.07. The first-order valence-electron chi connectivity index (χ1n) is 5.00. The van der Waals surface area contributed by atoms with Crippen LogP contribution in [0.5, 0.6) is 0 Å². The van der Waals surface area contributed by atoms with E-state index in [1.807, 2.05) is 6.33 Å². The van der Waals surface area contributed by atoms with Crippen LogP contribution in [-0.2, 0) is 11.2 Å². The van der Waals surface area contributed by atoms with Gasteiger partial charge in [-0.25, -0.2) is 4.98 Å². The highest BCUT2D eigenvalue weighted by Crippen LogP contribution is 2.20. The molecule has 1 fully saturated rings. The topological polar surface area (TPSA) is 27.1 Å². The van der Waals surface area contributed by atoms with Gasteiger partial charge in [0.15, 0.2) is 0 Å². The van der Waals surface area contributed by atoms with Crippen LogP contribution in [0.15, 0.2) is 12.5 Å². The minimum absolute atomic E-state index is 0.613. The summed E-state index contributed by atoms with van der Waals surface area (Å²) in [5, 5.41) is 0. The van der Waals surface area contributed by atoms with E-state index in [1.165, 1.54) is 5.69 Å². The molecule has 1 aliphatic rings. The molecule has 1 aromatic heterocycles. The van der Waals surface area contributed by atoms with Gasteiger partial charge in [-0.15, -0.1) is 0 Å². The van der Waals surface area contributed by atoms with Crippen LogP contribution < -0.4 is 0 Å². The van der Waals surface area contributed by atoms with Crippen LogP contribution in [-0.4, -0.2) is 22.8 Å². The summed E-state index contributed by atoms with van der Waals surface area (Å²) in [7, 11) is 0. The van der Waals surface area contributed by atoms with E-state index >= 15 is 0 Å². The van der Waals surface area contributed by atoms with E-state index < -0.39 is 0 Å². The molecule has 0 radical (unpaired) electrons. The fourth-order valence-electron chi connectivity index (χ4n) is 1.75. The van der Waals surface area contributed by atoms with Gasteiger partial charge in [0.1, 0.15) is 0 Å². The molecule has 2 heterocycles. The molecule has 1 aliphatic heterocycles. The number of aryl methyl sites for hydroxylation is 1. The van der Waals surface area contributed by atoms with Crippen LogP contribution in [0.1, 0.15) is 31.5 Å². The van der Waals surface area contributed by atoms with Crippen LogP contribution >= 0.6 is 0 Å². The zero-order valence-electron chi connectivity index (χ0n) is 8.07. The molecule has 0 unspecified atom stereocenters. The Morgan fingerprint density at radius 1 is 1.54 bits per heavy atom. The molecule has 3 heteroatoms. The van der Waals surface area contributed by atoms with Crippen LogP contribution in [0.2, 0.25) is 0 Å². The maximum absolute atomic E-state index is 5.32. The summed E-state index contributed by atoms with van der Waals surface area (Å²) in [6, 6.07) is 0.613. The van der Waals surface area contributed by atoms with Crippen LogP contribution in [0, 0.1) is 0 Å². The molecule has 13 heavy (non-hydrogen) atoms. The third-order valence-electron chi connectivity index (χ3n) is 2.63. The Morgan fingerprint density at radius 3 is 2.92 bits per heavy atom. The van der Waals surface area contributed by atoms with Crippen LogP contribution in [0.3, 0.4) is 0 Å². The van der Waals surface area contributed by atoms with Crippen molar-refractivity contribution < 1.29 is 4.74 Å². The zero-order chi connectivity index (χ0) is 9.10. The molecule has 0 aromatic carbocycles. The highest BCUT2D eigenvalue weighted by Gasteiger charge is 2.15. The predicted octanol–water partition coefficient (Wildman–Crippen LogP) is 1.80. The van der Waals surface area contributed by atoms with Gasteiger partial charge in [-0.2, -0.15) is 0 Å². The molecule has 1 saturated heterocycles. The number of aromatic nitrogens is 2. The summed E-state index contributed by atoms with van der Waals surface area (Å²) in [6.07, 6.45) is 7.39. The van der Waals surface area contributed by atoms with Gasteiger partial charge >= 0.3 is 0 Å². The van der Waals surface area contributed by atoms with E-state index in [0.29, 0.717) is 6.04 Å². The summed E-state index contributed by atoms with van der Waals surface area (Å²) in [5.41, 5.74) is 1.19. The quantitative estimate of drug-likeness (QED) is 0.694.